The average Bonchev–Trinajstić information content (AvgIpc) is 2.99. The number of amides is 1. The van der Waals surface area contributed by atoms with Crippen LogP contribution < -0.4 is 9.52 Å². The second kappa shape index (κ2) is 7.45. The van der Waals surface area contributed by atoms with Crippen LogP contribution in [0.15, 0.2) is 70.0 Å². The molecule has 1 aromatic heterocycles. The molecule has 0 bridgehead atoms. The zero-order valence-electron chi connectivity index (χ0n) is 13.6. The van der Waals surface area contributed by atoms with Gasteiger partial charge >= 0.3 is 0 Å². The summed E-state index contributed by atoms with van der Waals surface area (Å²) in [6, 6.07) is 12.1. The SMILES string of the molecule is Cn1ccsc1=NC(=O)c1cccc(S(=O)(=O)Nc2cccc(Cl)c2)c1. The molecule has 0 saturated heterocycles. The van der Waals surface area contributed by atoms with Crippen molar-refractivity contribution in [1.29, 1.82) is 0 Å². The van der Waals surface area contributed by atoms with Crippen molar-refractivity contribution in [2.45, 2.75) is 4.90 Å². The second-order valence-electron chi connectivity index (χ2n) is 5.36. The molecule has 0 aliphatic heterocycles. The highest BCUT2D eigenvalue weighted by atomic mass is 35.5. The number of carbonyl (C=O) groups is 1. The number of nitrogens with zero attached hydrogens (tertiary/aromatic N) is 2. The lowest BCUT2D eigenvalue weighted by molar-refractivity contribution is 0.0997. The fourth-order valence-corrected chi connectivity index (χ4v) is 4.16. The van der Waals surface area contributed by atoms with E-state index in [0.29, 0.717) is 15.5 Å². The van der Waals surface area contributed by atoms with Crippen LogP contribution in [0.5, 0.6) is 0 Å². The minimum absolute atomic E-state index is 0.0333. The topological polar surface area (TPSA) is 80.5 Å². The number of rotatable bonds is 4. The summed E-state index contributed by atoms with van der Waals surface area (Å²) >= 11 is 7.19. The Morgan fingerprint density at radius 1 is 1.19 bits per heavy atom. The first-order chi connectivity index (χ1) is 12.3. The molecule has 1 N–H and O–H groups in total. The molecule has 2 aromatic carbocycles. The number of sulfonamides is 1. The van der Waals surface area contributed by atoms with Gasteiger partial charge in [0.05, 0.1) is 10.6 Å². The summed E-state index contributed by atoms with van der Waals surface area (Å²) in [5.41, 5.74) is 0.525. The number of halogens is 1. The van der Waals surface area contributed by atoms with Gasteiger partial charge in [0.15, 0.2) is 4.80 Å². The third-order valence-corrected chi connectivity index (χ3v) is 5.89. The molecule has 0 atom stereocenters. The molecule has 0 radical (unpaired) electrons. The van der Waals surface area contributed by atoms with Crippen LogP contribution in [0, 0.1) is 0 Å². The van der Waals surface area contributed by atoms with Crippen molar-refractivity contribution in [2.75, 3.05) is 4.72 Å². The summed E-state index contributed by atoms with van der Waals surface area (Å²) < 4.78 is 29.3. The highest BCUT2D eigenvalue weighted by Gasteiger charge is 2.16. The van der Waals surface area contributed by atoms with Crippen LogP contribution in [0.4, 0.5) is 5.69 Å². The Hall–Kier alpha value is -2.42. The first kappa shape index (κ1) is 18.4. The van der Waals surface area contributed by atoms with Gasteiger partial charge in [-0.1, -0.05) is 23.7 Å². The van der Waals surface area contributed by atoms with Gasteiger partial charge in [-0.25, -0.2) is 8.42 Å². The van der Waals surface area contributed by atoms with Crippen molar-refractivity contribution in [3.05, 3.63) is 75.5 Å². The van der Waals surface area contributed by atoms with Gasteiger partial charge < -0.3 is 4.57 Å². The number of aromatic nitrogens is 1. The maximum Gasteiger partial charge on any atom is 0.279 e. The smallest absolute Gasteiger partial charge is 0.279 e. The van der Waals surface area contributed by atoms with E-state index in [1.807, 2.05) is 5.38 Å². The number of hydrogen-bond acceptors (Lipinski definition) is 4. The quantitative estimate of drug-likeness (QED) is 0.720. The van der Waals surface area contributed by atoms with Crippen molar-refractivity contribution in [3.63, 3.8) is 0 Å². The predicted molar refractivity (Wildman–Crippen MR) is 102 cm³/mol. The van der Waals surface area contributed by atoms with Gasteiger partial charge in [0, 0.05) is 29.2 Å². The molecule has 0 aliphatic rings. The van der Waals surface area contributed by atoms with Crippen LogP contribution in [0.2, 0.25) is 5.02 Å². The molecule has 1 heterocycles. The predicted octanol–water partition coefficient (Wildman–Crippen LogP) is 3.28. The van der Waals surface area contributed by atoms with Crippen molar-refractivity contribution < 1.29 is 13.2 Å². The van der Waals surface area contributed by atoms with E-state index in [4.69, 9.17) is 11.6 Å². The third-order valence-electron chi connectivity index (χ3n) is 3.42. The first-order valence-electron chi connectivity index (χ1n) is 7.43. The summed E-state index contributed by atoms with van der Waals surface area (Å²) in [7, 11) is -2.09. The maximum atomic E-state index is 12.6. The van der Waals surface area contributed by atoms with Crippen LogP contribution >= 0.6 is 22.9 Å². The zero-order chi connectivity index (χ0) is 18.7. The van der Waals surface area contributed by atoms with E-state index in [1.54, 1.807) is 36.0 Å². The number of thiazole rings is 1. The molecule has 26 heavy (non-hydrogen) atoms. The van der Waals surface area contributed by atoms with Gasteiger partial charge in [0.25, 0.3) is 15.9 Å². The fourth-order valence-electron chi connectivity index (χ4n) is 2.15. The van der Waals surface area contributed by atoms with Crippen LogP contribution in [-0.2, 0) is 17.1 Å². The van der Waals surface area contributed by atoms with Crippen molar-refractivity contribution in [2.24, 2.45) is 12.0 Å². The summed E-state index contributed by atoms with van der Waals surface area (Å²) in [6.45, 7) is 0. The van der Waals surface area contributed by atoms with E-state index in [0.717, 1.165) is 0 Å². The molecule has 0 saturated carbocycles. The van der Waals surface area contributed by atoms with E-state index in [1.165, 1.54) is 41.7 Å². The van der Waals surface area contributed by atoms with Crippen molar-refractivity contribution in [1.82, 2.24) is 4.57 Å². The van der Waals surface area contributed by atoms with Gasteiger partial charge in [-0.2, -0.15) is 4.99 Å². The Morgan fingerprint density at radius 3 is 2.65 bits per heavy atom. The molecular formula is C17H14ClN3O3S2. The third kappa shape index (κ3) is 4.21. The van der Waals surface area contributed by atoms with Crippen molar-refractivity contribution >= 4 is 44.6 Å². The van der Waals surface area contributed by atoms with Gasteiger partial charge in [0.1, 0.15) is 0 Å². The molecular weight excluding hydrogens is 394 g/mol. The monoisotopic (exact) mass is 407 g/mol. The zero-order valence-corrected chi connectivity index (χ0v) is 16.0. The van der Waals surface area contributed by atoms with E-state index < -0.39 is 15.9 Å². The molecule has 6 nitrogen and oxygen atoms in total. The number of hydrogen-bond donors (Lipinski definition) is 1. The molecule has 134 valence electrons. The Labute approximate surface area is 159 Å². The molecule has 0 spiro atoms. The number of anilines is 1. The average molecular weight is 408 g/mol. The standard InChI is InChI=1S/C17H14ClN3O3S2/c1-21-8-9-25-17(21)19-16(22)12-4-2-7-15(10-12)26(23,24)20-14-6-3-5-13(18)11-14/h2-11,20H,1H3. The molecule has 3 rings (SSSR count). The summed E-state index contributed by atoms with van der Waals surface area (Å²) in [6.07, 6.45) is 1.78. The summed E-state index contributed by atoms with van der Waals surface area (Å²) in [5.74, 6) is -0.511. The van der Waals surface area contributed by atoms with E-state index in [-0.39, 0.29) is 10.5 Å². The van der Waals surface area contributed by atoms with Gasteiger partial charge in [-0.05, 0) is 36.4 Å². The molecule has 1 amide bonds. The van der Waals surface area contributed by atoms with Crippen molar-refractivity contribution in [3.8, 4) is 0 Å². The van der Waals surface area contributed by atoms with Gasteiger partial charge in [-0.3, -0.25) is 9.52 Å². The molecule has 3 aromatic rings. The van der Waals surface area contributed by atoms with Crippen LogP contribution in [0.3, 0.4) is 0 Å². The Morgan fingerprint density at radius 2 is 1.96 bits per heavy atom. The minimum atomic E-state index is -3.86. The minimum Gasteiger partial charge on any atom is -0.327 e. The number of aryl methyl sites for hydroxylation is 1. The van der Waals surface area contributed by atoms with E-state index in [2.05, 4.69) is 9.71 Å². The van der Waals surface area contributed by atoms with Gasteiger partial charge in [-0.15, -0.1) is 11.3 Å². The molecule has 0 fully saturated rings. The molecule has 9 heteroatoms. The maximum absolute atomic E-state index is 12.6. The Balaban J connectivity index is 1.91. The summed E-state index contributed by atoms with van der Waals surface area (Å²) in [5, 5.41) is 2.22. The lowest BCUT2D eigenvalue weighted by Crippen LogP contribution is -2.15. The fraction of sp³-hybridized carbons (Fsp3) is 0.0588. The van der Waals surface area contributed by atoms with E-state index in [9.17, 15) is 13.2 Å². The van der Waals surface area contributed by atoms with Crippen LogP contribution in [0.25, 0.3) is 0 Å². The number of carbonyl (C=O) groups excluding carboxylic acids is 1. The normalized spacial score (nSPS) is 12.2. The largest absolute Gasteiger partial charge is 0.327 e. The van der Waals surface area contributed by atoms with Crippen LogP contribution in [-0.4, -0.2) is 18.9 Å². The molecule has 0 aliphatic carbocycles. The Kier molecular flexibility index (Phi) is 5.26. The lowest BCUT2D eigenvalue weighted by atomic mass is 10.2. The second-order valence-corrected chi connectivity index (χ2v) is 8.35. The lowest BCUT2D eigenvalue weighted by Gasteiger charge is -2.09. The highest BCUT2D eigenvalue weighted by Crippen LogP contribution is 2.20. The first-order valence-corrected chi connectivity index (χ1v) is 10.2. The summed E-state index contributed by atoms with van der Waals surface area (Å²) in [4.78, 5) is 16.9. The number of benzene rings is 2. The van der Waals surface area contributed by atoms with Gasteiger partial charge in [0.2, 0.25) is 0 Å². The van der Waals surface area contributed by atoms with E-state index >= 15 is 0 Å². The Bertz CT molecular complexity index is 1130. The highest BCUT2D eigenvalue weighted by molar-refractivity contribution is 7.92. The van der Waals surface area contributed by atoms with Crippen LogP contribution in [0.1, 0.15) is 10.4 Å². The number of nitrogens with one attached hydrogen (secondary N) is 1. The molecule has 0 unspecified atom stereocenters.